The molecule has 0 atom stereocenters. The van der Waals surface area contributed by atoms with E-state index in [0.29, 0.717) is 13.2 Å². The summed E-state index contributed by atoms with van der Waals surface area (Å²) in [5.74, 6) is 0.0679. The van der Waals surface area contributed by atoms with Gasteiger partial charge in [0.25, 0.3) is 0 Å². The third-order valence-electron chi connectivity index (χ3n) is 3.23. The first kappa shape index (κ1) is 17.5. The lowest BCUT2D eigenvalue weighted by atomic mass is 10.1. The van der Waals surface area contributed by atoms with Crippen molar-refractivity contribution in [2.75, 3.05) is 46.9 Å². The quantitative estimate of drug-likeness (QED) is 0.750. The van der Waals surface area contributed by atoms with Gasteiger partial charge in [0.15, 0.2) is 0 Å². The molecule has 0 aromatic heterocycles. The first-order chi connectivity index (χ1) is 9.88. The average molecular weight is 294 g/mol. The Labute approximate surface area is 127 Å². The minimum Gasteiger partial charge on any atom is -0.492 e. The molecule has 0 spiro atoms. The first-order valence-electron chi connectivity index (χ1n) is 7.17. The molecule has 0 radical (unpaired) electrons. The van der Waals surface area contributed by atoms with E-state index < -0.39 is 5.97 Å². The van der Waals surface area contributed by atoms with E-state index in [4.69, 9.17) is 9.84 Å². The first-order valence-corrected chi connectivity index (χ1v) is 7.17. The number of rotatable bonds is 9. The lowest BCUT2D eigenvalue weighted by molar-refractivity contribution is -0.138. The van der Waals surface area contributed by atoms with E-state index >= 15 is 0 Å². The van der Waals surface area contributed by atoms with Crippen LogP contribution in [0.4, 0.5) is 0 Å². The Bertz CT molecular complexity index is 461. The lowest BCUT2D eigenvalue weighted by Crippen LogP contribution is -2.38. The summed E-state index contributed by atoms with van der Waals surface area (Å²) in [6.45, 7) is 6.73. The van der Waals surface area contributed by atoms with Gasteiger partial charge in [-0.2, -0.15) is 0 Å². The highest BCUT2D eigenvalue weighted by Crippen LogP contribution is 2.18. The molecule has 0 aliphatic rings. The van der Waals surface area contributed by atoms with Crippen molar-refractivity contribution >= 4 is 5.97 Å². The van der Waals surface area contributed by atoms with Gasteiger partial charge in [-0.3, -0.25) is 9.69 Å². The van der Waals surface area contributed by atoms with Crippen molar-refractivity contribution in [2.24, 2.45) is 0 Å². The molecule has 0 unspecified atom stereocenters. The number of carboxylic acid groups (broad SMARTS) is 1. The van der Waals surface area contributed by atoms with E-state index in [9.17, 15) is 4.79 Å². The summed E-state index contributed by atoms with van der Waals surface area (Å²) in [6.07, 6.45) is 0. The normalized spacial score (nSPS) is 11.1. The second-order valence-corrected chi connectivity index (χ2v) is 5.59. The summed E-state index contributed by atoms with van der Waals surface area (Å²) in [6, 6.07) is 6.10. The van der Waals surface area contributed by atoms with Crippen molar-refractivity contribution in [1.29, 1.82) is 0 Å². The zero-order valence-electron chi connectivity index (χ0n) is 13.4. The average Bonchev–Trinajstić information content (AvgIpc) is 2.39. The molecule has 0 aliphatic carbocycles. The Morgan fingerprint density at radius 1 is 1.19 bits per heavy atom. The number of aliphatic carboxylic acids is 1. The Balaban J connectivity index is 2.48. The van der Waals surface area contributed by atoms with Gasteiger partial charge in [-0.1, -0.05) is 12.1 Å². The van der Waals surface area contributed by atoms with Gasteiger partial charge in [-0.15, -0.1) is 0 Å². The van der Waals surface area contributed by atoms with Crippen molar-refractivity contribution in [3.05, 3.63) is 29.3 Å². The van der Waals surface area contributed by atoms with E-state index in [0.717, 1.165) is 30.0 Å². The maximum atomic E-state index is 10.9. The predicted octanol–water partition coefficient (Wildman–Crippen LogP) is 1.63. The van der Waals surface area contributed by atoms with Gasteiger partial charge in [0.1, 0.15) is 12.4 Å². The topological polar surface area (TPSA) is 53.0 Å². The van der Waals surface area contributed by atoms with Crippen LogP contribution in [0.25, 0.3) is 0 Å². The number of ether oxygens (including phenoxy) is 1. The molecule has 0 bridgehead atoms. The molecule has 0 fully saturated rings. The van der Waals surface area contributed by atoms with Crippen molar-refractivity contribution < 1.29 is 14.6 Å². The lowest BCUT2D eigenvalue weighted by Gasteiger charge is -2.22. The van der Waals surface area contributed by atoms with Crippen molar-refractivity contribution in [2.45, 2.75) is 13.8 Å². The standard InChI is InChI=1S/C16H26N2O3/c1-13-5-6-14(2)15(11-13)21-10-9-18(12-16(19)20)8-7-17(3)4/h5-6,11H,7-10,12H2,1-4H3,(H,19,20). The second kappa shape index (κ2) is 8.64. The zero-order chi connectivity index (χ0) is 15.8. The van der Waals surface area contributed by atoms with Gasteiger partial charge in [-0.25, -0.2) is 0 Å². The van der Waals surface area contributed by atoms with Gasteiger partial charge in [-0.05, 0) is 45.1 Å². The molecular weight excluding hydrogens is 268 g/mol. The maximum absolute atomic E-state index is 10.9. The molecule has 1 aromatic carbocycles. The molecule has 118 valence electrons. The summed E-state index contributed by atoms with van der Waals surface area (Å²) >= 11 is 0. The number of likely N-dealkylation sites (N-methyl/N-ethyl adjacent to an activating group) is 1. The van der Waals surface area contributed by atoms with Gasteiger partial charge in [0.05, 0.1) is 6.54 Å². The van der Waals surface area contributed by atoms with Crippen LogP contribution in [0.1, 0.15) is 11.1 Å². The molecular formula is C16H26N2O3. The zero-order valence-corrected chi connectivity index (χ0v) is 13.4. The highest BCUT2D eigenvalue weighted by Gasteiger charge is 2.10. The van der Waals surface area contributed by atoms with Crippen molar-refractivity contribution in [3.63, 3.8) is 0 Å². The van der Waals surface area contributed by atoms with Crippen LogP contribution in [-0.2, 0) is 4.79 Å². The fourth-order valence-corrected chi connectivity index (χ4v) is 1.95. The number of hydrogen-bond donors (Lipinski definition) is 1. The number of hydrogen-bond acceptors (Lipinski definition) is 4. The molecule has 0 amide bonds. The highest BCUT2D eigenvalue weighted by molar-refractivity contribution is 5.69. The maximum Gasteiger partial charge on any atom is 0.317 e. The fraction of sp³-hybridized carbons (Fsp3) is 0.562. The van der Waals surface area contributed by atoms with Crippen LogP contribution in [0.2, 0.25) is 0 Å². The smallest absolute Gasteiger partial charge is 0.317 e. The molecule has 21 heavy (non-hydrogen) atoms. The Kier molecular flexibility index (Phi) is 7.19. The molecule has 0 saturated heterocycles. The van der Waals surface area contributed by atoms with Crippen LogP contribution >= 0.6 is 0 Å². The molecule has 1 aromatic rings. The minimum atomic E-state index is -0.805. The van der Waals surface area contributed by atoms with Crippen molar-refractivity contribution in [3.8, 4) is 5.75 Å². The van der Waals surface area contributed by atoms with Crippen LogP contribution < -0.4 is 4.74 Å². The number of nitrogens with zero attached hydrogens (tertiary/aromatic N) is 2. The van der Waals surface area contributed by atoms with E-state index in [1.807, 2.05) is 49.9 Å². The summed E-state index contributed by atoms with van der Waals surface area (Å²) in [5.41, 5.74) is 2.25. The molecule has 1 rings (SSSR count). The Hall–Kier alpha value is -1.59. The highest BCUT2D eigenvalue weighted by atomic mass is 16.5. The van der Waals surface area contributed by atoms with Crippen LogP contribution in [-0.4, -0.2) is 67.8 Å². The summed E-state index contributed by atoms with van der Waals surface area (Å²) in [7, 11) is 3.96. The predicted molar refractivity (Wildman–Crippen MR) is 84.0 cm³/mol. The summed E-state index contributed by atoms with van der Waals surface area (Å²) < 4.78 is 5.79. The van der Waals surface area contributed by atoms with Crippen LogP contribution in [0.15, 0.2) is 18.2 Å². The van der Waals surface area contributed by atoms with E-state index in [2.05, 4.69) is 6.07 Å². The van der Waals surface area contributed by atoms with E-state index in [1.54, 1.807) is 0 Å². The largest absolute Gasteiger partial charge is 0.492 e. The van der Waals surface area contributed by atoms with Crippen molar-refractivity contribution in [1.82, 2.24) is 9.80 Å². The number of carboxylic acids is 1. The Morgan fingerprint density at radius 3 is 2.52 bits per heavy atom. The Morgan fingerprint density at radius 2 is 1.90 bits per heavy atom. The minimum absolute atomic E-state index is 0.0456. The van der Waals surface area contributed by atoms with Gasteiger partial charge in [0, 0.05) is 19.6 Å². The van der Waals surface area contributed by atoms with E-state index in [1.165, 1.54) is 0 Å². The van der Waals surface area contributed by atoms with Crippen LogP contribution in [0.3, 0.4) is 0 Å². The molecule has 0 heterocycles. The SMILES string of the molecule is Cc1ccc(C)c(OCCN(CCN(C)C)CC(=O)O)c1. The van der Waals surface area contributed by atoms with Gasteiger partial charge in [0.2, 0.25) is 0 Å². The number of carbonyl (C=O) groups is 1. The molecule has 5 nitrogen and oxygen atoms in total. The summed E-state index contributed by atoms with van der Waals surface area (Å²) in [5, 5.41) is 8.95. The number of aryl methyl sites for hydroxylation is 2. The molecule has 0 aliphatic heterocycles. The van der Waals surface area contributed by atoms with Crippen LogP contribution in [0, 0.1) is 13.8 Å². The van der Waals surface area contributed by atoms with Crippen LogP contribution in [0.5, 0.6) is 5.75 Å². The van der Waals surface area contributed by atoms with Gasteiger partial charge >= 0.3 is 5.97 Å². The van der Waals surface area contributed by atoms with E-state index in [-0.39, 0.29) is 6.54 Å². The molecule has 0 saturated carbocycles. The fourth-order valence-electron chi connectivity index (χ4n) is 1.95. The third-order valence-corrected chi connectivity index (χ3v) is 3.23. The third kappa shape index (κ3) is 7.11. The second-order valence-electron chi connectivity index (χ2n) is 5.59. The molecule has 5 heteroatoms. The monoisotopic (exact) mass is 294 g/mol. The summed E-state index contributed by atoms with van der Waals surface area (Å²) in [4.78, 5) is 14.8. The molecule has 1 N–H and O–H groups in total. The van der Waals surface area contributed by atoms with Gasteiger partial charge < -0.3 is 14.7 Å². The number of benzene rings is 1.